The molecule has 0 saturated heterocycles. The van der Waals surface area contributed by atoms with Crippen LogP contribution in [0.25, 0.3) is 0 Å². The molecule has 0 aromatic heterocycles. The number of ketones is 1. The van der Waals surface area contributed by atoms with E-state index in [9.17, 15) is 9.59 Å². The number of hydrogen-bond donors (Lipinski definition) is 1. The maximum absolute atomic E-state index is 10.9. The lowest BCUT2D eigenvalue weighted by atomic mass is 9.93. The van der Waals surface area contributed by atoms with E-state index in [-0.39, 0.29) is 6.42 Å². The minimum Gasteiger partial charge on any atom is -0.481 e. The van der Waals surface area contributed by atoms with Gasteiger partial charge in [0, 0.05) is 19.3 Å². The molecule has 1 saturated carbocycles. The van der Waals surface area contributed by atoms with Gasteiger partial charge in [0.05, 0.1) is 0 Å². The van der Waals surface area contributed by atoms with Crippen molar-refractivity contribution in [3.8, 4) is 0 Å². The molecular formula is C11H16O3. The summed E-state index contributed by atoms with van der Waals surface area (Å²) in [5, 5.41) is 8.42. The zero-order chi connectivity index (χ0) is 10.4. The summed E-state index contributed by atoms with van der Waals surface area (Å²) in [6, 6.07) is 0. The molecule has 1 rings (SSSR count). The molecule has 0 amide bonds. The summed E-state index contributed by atoms with van der Waals surface area (Å²) in [4.78, 5) is 21.2. The molecule has 0 heterocycles. The van der Waals surface area contributed by atoms with Crippen LogP contribution < -0.4 is 0 Å². The highest BCUT2D eigenvalue weighted by Gasteiger charge is 2.11. The molecule has 78 valence electrons. The Balaban J connectivity index is 2.18. The van der Waals surface area contributed by atoms with Crippen LogP contribution in [0.15, 0.2) is 11.6 Å². The van der Waals surface area contributed by atoms with Crippen molar-refractivity contribution < 1.29 is 14.7 Å². The van der Waals surface area contributed by atoms with E-state index >= 15 is 0 Å². The van der Waals surface area contributed by atoms with E-state index < -0.39 is 5.97 Å². The third-order valence-corrected chi connectivity index (χ3v) is 2.48. The Morgan fingerprint density at radius 3 is 2.50 bits per heavy atom. The standard InChI is InChI=1S/C11H16O3/c12-10-7-5-9(6-8-10)3-1-2-4-11(13)14/h3H,1-2,4-8H2,(H,13,14). The molecular weight excluding hydrogens is 180 g/mol. The van der Waals surface area contributed by atoms with Gasteiger partial charge in [-0.15, -0.1) is 0 Å². The van der Waals surface area contributed by atoms with Gasteiger partial charge in [0.25, 0.3) is 0 Å². The second kappa shape index (κ2) is 5.58. The molecule has 0 spiro atoms. The van der Waals surface area contributed by atoms with Crippen molar-refractivity contribution >= 4 is 11.8 Å². The van der Waals surface area contributed by atoms with Gasteiger partial charge in [-0.05, 0) is 25.7 Å². The lowest BCUT2D eigenvalue weighted by Crippen LogP contribution is -2.05. The first-order chi connectivity index (χ1) is 6.68. The Bertz CT molecular complexity index is 241. The third-order valence-electron chi connectivity index (χ3n) is 2.48. The predicted molar refractivity (Wildman–Crippen MR) is 53.0 cm³/mol. The fourth-order valence-corrected chi connectivity index (χ4v) is 1.61. The van der Waals surface area contributed by atoms with Crippen molar-refractivity contribution in [1.82, 2.24) is 0 Å². The molecule has 1 aliphatic rings. The highest BCUT2D eigenvalue weighted by atomic mass is 16.4. The predicted octanol–water partition coefficient (Wildman–Crippen LogP) is 2.31. The summed E-state index contributed by atoms with van der Waals surface area (Å²) in [5.41, 5.74) is 1.33. The van der Waals surface area contributed by atoms with Gasteiger partial charge in [-0.1, -0.05) is 11.6 Å². The molecule has 0 atom stereocenters. The summed E-state index contributed by atoms with van der Waals surface area (Å²) >= 11 is 0. The Kier molecular flexibility index (Phi) is 4.36. The molecule has 0 aliphatic heterocycles. The van der Waals surface area contributed by atoms with E-state index in [2.05, 4.69) is 6.08 Å². The summed E-state index contributed by atoms with van der Waals surface area (Å²) in [6.07, 6.45) is 6.98. The van der Waals surface area contributed by atoms with Gasteiger partial charge < -0.3 is 5.11 Å². The Labute approximate surface area is 83.8 Å². The Morgan fingerprint density at radius 1 is 1.29 bits per heavy atom. The van der Waals surface area contributed by atoms with E-state index in [1.54, 1.807) is 0 Å². The molecule has 0 aromatic carbocycles. The van der Waals surface area contributed by atoms with Crippen LogP contribution in [-0.4, -0.2) is 16.9 Å². The number of unbranched alkanes of at least 4 members (excludes halogenated alkanes) is 1. The van der Waals surface area contributed by atoms with Crippen molar-refractivity contribution in [1.29, 1.82) is 0 Å². The fraction of sp³-hybridized carbons (Fsp3) is 0.636. The number of carboxylic acid groups (broad SMARTS) is 1. The van der Waals surface area contributed by atoms with Gasteiger partial charge in [0.1, 0.15) is 5.78 Å². The molecule has 0 radical (unpaired) electrons. The van der Waals surface area contributed by atoms with Crippen LogP contribution in [0, 0.1) is 0 Å². The molecule has 3 nitrogen and oxygen atoms in total. The van der Waals surface area contributed by atoms with Crippen molar-refractivity contribution in [2.45, 2.75) is 44.9 Å². The van der Waals surface area contributed by atoms with Crippen molar-refractivity contribution in [3.63, 3.8) is 0 Å². The smallest absolute Gasteiger partial charge is 0.303 e. The van der Waals surface area contributed by atoms with Crippen LogP contribution in [0.1, 0.15) is 44.9 Å². The topological polar surface area (TPSA) is 54.4 Å². The highest BCUT2D eigenvalue weighted by Crippen LogP contribution is 2.21. The highest BCUT2D eigenvalue weighted by molar-refractivity contribution is 5.80. The second-order valence-electron chi connectivity index (χ2n) is 3.69. The van der Waals surface area contributed by atoms with Gasteiger partial charge >= 0.3 is 5.97 Å². The maximum atomic E-state index is 10.9. The number of hydrogen-bond acceptors (Lipinski definition) is 2. The number of Topliss-reactive ketones (excluding diaryl/α,β-unsaturated/α-hetero) is 1. The third kappa shape index (κ3) is 4.21. The summed E-state index contributed by atoms with van der Waals surface area (Å²) < 4.78 is 0. The first-order valence-electron chi connectivity index (χ1n) is 5.10. The van der Waals surface area contributed by atoms with Gasteiger partial charge in [-0.25, -0.2) is 0 Å². The minimum absolute atomic E-state index is 0.239. The zero-order valence-electron chi connectivity index (χ0n) is 8.29. The van der Waals surface area contributed by atoms with E-state index in [0.29, 0.717) is 25.0 Å². The molecule has 1 aliphatic carbocycles. The molecule has 0 aromatic rings. The molecule has 0 unspecified atom stereocenters. The average molecular weight is 196 g/mol. The van der Waals surface area contributed by atoms with Gasteiger partial charge in [-0.3, -0.25) is 9.59 Å². The number of carboxylic acids is 1. The first-order valence-corrected chi connectivity index (χ1v) is 5.10. The average Bonchev–Trinajstić information content (AvgIpc) is 2.15. The number of carbonyl (C=O) groups is 2. The Morgan fingerprint density at radius 2 is 1.93 bits per heavy atom. The number of carbonyl (C=O) groups excluding carboxylic acids is 1. The summed E-state index contributed by atoms with van der Waals surface area (Å²) in [5.74, 6) is -0.380. The fourth-order valence-electron chi connectivity index (χ4n) is 1.61. The van der Waals surface area contributed by atoms with E-state index in [0.717, 1.165) is 19.3 Å². The maximum Gasteiger partial charge on any atom is 0.303 e. The van der Waals surface area contributed by atoms with Crippen LogP contribution in [0.2, 0.25) is 0 Å². The van der Waals surface area contributed by atoms with E-state index in [1.165, 1.54) is 5.57 Å². The zero-order valence-corrected chi connectivity index (χ0v) is 8.29. The largest absolute Gasteiger partial charge is 0.481 e. The lowest BCUT2D eigenvalue weighted by Gasteiger charge is -2.12. The van der Waals surface area contributed by atoms with Crippen LogP contribution in [0.4, 0.5) is 0 Å². The van der Waals surface area contributed by atoms with Crippen molar-refractivity contribution in [2.24, 2.45) is 0 Å². The lowest BCUT2D eigenvalue weighted by molar-refractivity contribution is -0.137. The van der Waals surface area contributed by atoms with Crippen LogP contribution >= 0.6 is 0 Å². The Hall–Kier alpha value is -1.12. The molecule has 0 bridgehead atoms. The van der Waals surface area contributed by atoms with Gasteiger partial charge in [0.15, 0.2) is 0 Å². The normalized spacial score (nSPS) is 16.9. The first kappa shape index (κ1) is 11.0. The molecule has 1 fully saturated rings. The van der Waals surface area contributed by atoms with Crippen LogP contribution in [0.3, 0.4) is 0 Å². The summed E-state index contributed by atoms with van der Waals surface area (Å²) in [6.45, 7) is 0. The van der Waals surface area contributed by atoms with E-state index in [4.69, 9.17) is 5.11 Å². The van der Waals surface area contributed by atoms with E-state index in [1.807, 2.05) is 0 Å². The second-order valence-corrected chi connectivity index (χ2v) is 3.69. The number of rotatable bonds is 4. The molecule has 14 heavy (non-hydrogen) atoms. The molecule has 1 N–H and O–H groups in total. The minimum atomic E-state index is -0.734. The van der Waals surface area contributed by atoms with Crippen molar-refractivity contribution in [3.05, 3.63) is 11.6 Å². The SMILES string of the molecule is O=C(O)CCCC=C1CCC(=O)CC1. The quantitative estimate of drug-likeness (QED) is 0.554. The number of aliphatic carboxylic acids is 1. The monoisotopic (exact) mass is 196 g/mol. The number of allylic oxidation sites excluding steroid dienone is 2. The van der Waals surface area contributed by atoms with Crippen molar-refractivity contribution in [2.75, 3.05) is 0 Å². The van der Waals surface area contributed by atoms with Crippen LogP contribution in [0.5, 0.6) is 0 Å². The summed E-state index contributed by atoms with van der Waals surface area (Å²) in [7, 11) is 0. The van der Waals surface area contributed by atoms with Gasteiger partial charge in [-0.2, -0.15) is 0 Å². The van der Waals surface area contributed by atoms with Crippen LogP contribution in [-0.2, 0) is 9.59 Å². The molecule has 3 heteroatoms. The van der Waals surface area contributed by atoms with Gasteiger partial charge in [0.2, 0.25) is 0 Å².